The summed E-state index contributed by atoms with van der Waals surface area (Å²) in [7, 11) is 1.46. The number of aromatic nitrogens is 2. The molecule has 0 aliphatic carbocycles. The van der Waals surface area contributed by atoms with Gasteiger partial charge in [0.25, 0.3) is 5.56 Å². The predicted molar refractivity (Wildman–Crippen MR) is 146 cm³/mol. The summed E-state index contributed by atoms with van der Waals surface area (Å²) >= 11 is 5.88. The number of methoxy groups -OCH3 is 1. The van der Waals surface area contributed by atoms with Gasteiger partial charge in [0.2, 0.25) is 5.82 Å². The highest BCUT2D eigenvalue weighted by molar-refractivity contribution is 6.30. The molecule has 0 spiro atoms. The summed E-state index contributed by atoms with van der Waals surface area (Å²) in [5, 5.41) is 5.42. The van der Waals surface area contributed by atoms with Crippen LogP contribution in [-0.2, 0) is 4.79 Å². The number of carbonyl (C=O) groups is 1. The van der Waals surface area contributed by atoms with Crippen molar-refractivity contribution in [1.82, 2.24) is 9.66 Å². The third-order valence-corrected chi connectivity index (χ3v) is 5.75. The SMILES string of the molecule is COc1cc(C=Nn2c(-c3ccco3)nc3ccccc3c2=O)ccc1OC(=O)/C=C/c1ccc(Cl)cc1. The van der Waals surface area contributed by atoms with E-state index in [9.17, 15) is 9.59 Å². The fraction of sp³-hybridized carbons (Fsp3) is 0.0345. The van der Waals surface area contributed by atoms with Crippen molar-refractivity contribution in [3.05, 3.63) is 118 Å². The van der Waals surface area contributed by atoms with Crippen molar-refractivity contribution in [3.8, 4) is 23.1 Å². The number of para-hydroxylation sites is 1. The molecular weight excluding hydrogens is 506 g/mol. The molecule has 0 amide bonds. The molecular formula is C29H20ClN3O5. The molecule has 5 aromatic rings. The highest BCUT2D eigenvalue weighted by atomic mass is 35.5. The Labute approximate surface area is 222 Å². The Morgan fingerprint density at radius 2 is 1.79 bits per heavy atom. The first-order valence-electron chi connectivity index (χ1n) is 11.5. The highest BCUT2D eigenvalue weighted by Crippen LogP contribution is 2.28. The van der Waals surface area contributed by atoms with Crippen LogP contribution >= 0.6 is 11.6 Å². The van der Waals surface area contributed by atoms with Crippen LogP contribution in [0.3, 0.4) is 0 Å². The fourth-order valence-corrected chi connectivity index (χ4v) is 3.78. The van der Waals surface area contributed by atoms with E-state index >= 15 is 0 Å². The molecule has 0 aliphatic rings. The van der Waals surface area contributed by atoms with Crippen molar-refractivity contribution in [1.29, 1.82) is 0 Å². The molecule has 0 unspecified atom stereocenters. The van der Waals surface area contributed by atoms with Gasteiger partial charge in [-0.05, 0) is 71.8 Å². The van der Waals surface area contributed by atoms with Crippen molar-refractivity contribution in [2.45, 2.75) is 0 Å². The molecule has 2 aromatic heterocycles. The van der Waals surface area contributed by atoms with Gasteiger partial charge < -0.3 is 13.9 Å². The first kappa shape index (κ1) is 24.7. The van der Waals surface area contributed by atoms with Crippen molar-refractivity contribution in [2.24, 2.45) is 5.10 Å². The van der Waals surface area contributed by atoms with Crippen molar-refractivity contribution in [3.63, 3.8) is 0 Å². The molecule has 8 nitrogen and oxygen atoms in total. The second-order valence-corrected chi connectivity index (χ2v) is 8.44. The molecule has 0 fully saturated rings. The second-order valence-electron chi connectivity index (χ2n) is 8.01. The van der Waals surface area contributed by atoms with E-state index < -0.39 is 5.97 Å². The lowest BCUT2D eigenvalue weighted by Gasteiger charge is -2.09. The van der Waals surface area contributed by atoms with E-state index in [0.717, 1.165) is 5.56 Å². The van der Waals surface area contributed by atoms with Crippen LogP contribution in [0.25, 0.3) is 28.6 Å². The fourth-order valence-electron chi connectivity index (χ4n) is 3.65. The highest BCUT2D eigenvalue weighted by Gasteiger charge is 2.14. The summed E-state index contributed by atoms with van der Waals surface area (Å²) in [5.74, 6) is 0.640. The standard InChI is InChI=1S/C29H20ClN3O5/c1-36-26-17-20(10-14-24(26)38-27(34)15-11-19-8-12-21(30)13-9-19)18-31-33-28(25-7-4-16-37-25)32-23-6-3-2-5-22(23)29(33)35/h2-18H,1H3/b15-11+,31-18?. The number of benzene rings is 3. The smallest absolute Gasteiger partial charge is 0.336 e. The Morgan fingerprint density at radius 1 is 1.00 bits per heavy atom. The van der Waals surface area contributed by atoms with E-state index in [-0.39, 0.29) is 17.1 Å². The molecule has 5 rings (SSSR count). The van der Waals surface area contributed by atoms with Crippen molar-refractivity contribution < 1.29 is 18.7 Å². The molecule has 188 valence electrons. The van der Waals surface area contributed by atoms with Crippen LogP contribution in [0.5, 0.6) is 11.5 Å². The van der Waals surface area contributed by atoms with Gasteiger partial charge in [-0.2, -0.15) is 9.78 Å². The molecule has 0 saturated carbocycles. The summed E-state index contributed by atoms with van der Waals surface area (Å²) in [6, 6.07) is 22.4. The van der Waals surface area contributed by atoms with Gasteiger partial charge >= 0.3 is 5.97 Å². The number of esters is 1. The zero-order valence-electron chi connectivity index (χ0n) is 20.1. The first-order valence-corrected chi connectivity index (χ1v) is 11.8. The topological polar surface area (TPSA) is 95.9 Å². The zero-order valence-corrected chi connectivity index (χ0v) is 20.8. The van der Waals surface area contributed by atoms with Gasteiger partial charge in [-0.3, -0.25) is 4.79 Å². The van der Waals surface area contributed by atoms with Crippen LogP contribution in [0.1, 0.15) is 11.1 Å². The molecule has 0 saturated heterocycles. The van der Waals surface area contributed by atoms with Gasteiger partial charge in [-0.15, -0.1) is 0 Å². The maximum atomic E-state index is 13.2. The summed E-state index contributed by atoms with van der Waals surface area (Å²) < 4.78 is 17.5. The number of ether oxygens (including phenoxy) is 2. The van der Waals surface area contributed by atoms with Crippen LogP contribution in [0.4, 0.5) is 0 Å². The van der Waals surface area contributed by atoms with E-state index in [1.54, 1.807) is 78.9 Å². The van der Waals surface area contributed by atoms with Crippen molar-refractivity contribution in [2.75, 3.05) is 7.11 Å². The lowest BCUT2D eigenvalue weighted by molar-refractivity contribution is -0.129. The zero-order chi connectivity index (χ0) is 26.5. The van der Waals surface area contributed by atoms with Gasteiger partial charge in [0.1, 0.15) is 0 Å². The predicted octanol–water partition coefficient (Wildman–Crippen LogP) is 5.82. The summed E-state index contributed by atoms with van der Waals surface area (Å²) in [6.07, 6.45) is 5.92. The lowest BCUT2D eigenvalue weighted by atomic mass is 10.2. The summed E-state index contributed by atoms with van der Waals surface area (Å²) in [5.41, 5.74) is 1.59. The van der Waals surface area contributed by atoms with Crippen LogP contribution in [0.15, 0.2) is 106 Å². The van der Waals surface area contributed by atoms with Gasteiger partial charge in [0.15, 0.2) is 17.3 Å². The Hall–Kier alpha value is -4.95. The van der Waals surface area contributed by atoms with Crippen molar-refractivity contribution >= 4 is 40.8 Å². The Bertz CT molecular complexity index is 1720. The normalized spacial score (nSPS) is 11.4. The minimum absolute atomic E-state index is 0.233. The first-order chi connectivity index (χ1) is 18.5. The maximum absolute atomic E-state index is 13.2. The van der Waals surface area contributed by atoms with E-state index in [1.807, 2.05) is 6.07 Å². The quantitative estimate of drug-likeness (QED) is 0.115. The minimum Gasteiger partial charge on any atom is -0.493 e. The molecule has 2 heterocycles. The Kier molecular flexibility index (Phi) is 7.15. The number of furan rings is 1. The van der Waals surface area contributed by atoms with Crippen LogP contribution < -0.4 is 15.0 Å². The number of hydrogen-bond acceptors (Lipinski definition) is 7. The third-order valence-electron chi connectivity index (χ3n) is 5.50. The minimum atomic E-state index is -0.573. The monoisotopic (exact) mass is 525 g/mol. The van der Waals surface area contributed by atoms with Gasteiger partial charge in [-0.25, -0.2) is 9.78 Å². The average molecular weight is 526 g/mol. The number of fused-ring (bicyclic) bond motifs is 1. The van der Waals surface area contributed by atoms with E-state index in [1.165, 1.54) is 30.3 Å². The molecule has 0 aliphatic heterocycles. The summed E-state index contributed by atoms with van der Waals surface area (Å²) in [4.78, 5) is 30.1. The average Bonchev–Trinajstić information content (AvgIpc) is 3.48. The largest absolute Gasteiger partial charge is 0.493 e. The molecule has 0 atom stereocenters. The second kappa shape index (κ2) is 11.0. The maximum Gasteiger partial charge on any atom is 0.336 e. The van der Waals surface area contributed by atoms with Gasteiger partial charge in [0.05, 0.1) is 30.5 Å². The van der Waals surface area contributed by atoms with Gasteiger partial charge in [0, 0.05) is 11.1 Å². The number of rotatable bonds is 7. The molecule has 9 heteroatoms. The number of carbonyl (C=O) groups excluding carboxylic acids is 1. The summed E-state index contributed by atoms with van der Waals surface area (Å²) in [6.45, 7) is 0. The van der Waals surface area contributed by atoms with Crippen LogP contribution in [0, 0.1) is 0 Å². The lowest BCUT2D eigenvalue weighted by Crippen LogP contribution is -2.20. The molecule has 0 N–H and O–H groups in total. The number of hydrogen-bond donors (Lipinski definition) is 0. The molecule has 0 bridgehead atoms. The van der Waals surface area contributed by atoms with Crippen LogP contribution in [-0.4, -0.2) is 29.0 Å². The molecule has 0 radical (unpaired) electrons. The Balaban J connectivity index is 1.41. The van der Waals surface area contributed by atoms with Crippen LogP contribution in [0.2, 0.25) is 5.02 Å². The molecule has 38 heavy (non-hydrogen) atoms. The number of nitrogens with zero attached hydrogens (tertiary/aromatic N) is 3. The van der Waals surface area contributed by atoms with E-state index in [2.05, 4.69) is 10.1 Å². The molecule has 3 aromatic carbocycles. The van der Waals surface area contributed by atoms with E-state index in [0.29, 0.717) is 33.0 Å². The van der Waals surface area contributed by atoms with E-state index in [4.69, 9.17) is 25.5 Å². The Morgan fingerprint density at radius 3 is 2.55 bits per heavy atom. The number of halogens is 1. The van der Waals surface area contributed by atoms with Gasteiger partial charge in [-0.1, -0.05) is 35.9 Å². The third kappa shape index (κ3) is 5.40.